The summed E-state index contributed by atoms with van der Waals surface area (Å²) in [6.07, 6.45) is 4.78. The van der Waals surface area contributed by atoms with Gasteiger partial charge in [-0.1, -0.05) is 12.5 Å². The number of aryl methyl sites for hydroxylation is 1. The minimum atomic E-state index is -3.67. The summed E-state index contributed by atoms with van der Waals surface area (Å²) in [4.78, 5) is 27.5. The number of nitrogens with one attached hydrogen (secondary N) is 1. The maximum atomic E-state index is 13.2. The molecule has 7 nitrogen and oxygen atoms in total. The molecule has 8 heteroatoms. The molecule has 0 aliphatic carbocycles. The highest BCUT2D eigenvalue weighted by Gasteiger charge is 2.31. The summed E-state index contributed by atoms with van der Waals surface area (Å²) in [5.74, 6) is -0.374. The summed E-state index contributed by atoms with van der Waals surface area (Å²) >= 11 is 0. The third-order valence-corrected chi connectivity index (χ3v) is 8.59. The number of carbonyl (C=O) groups excluding carboxylic acids is 2. The first-order valence-corrected chi connectivity index (χ1v) is 13.0. The Bertz CT molecular complexity index is 1140. The number of amides is 2. The van der Waals surface area contributed by atoms with E-state index >= 15 is 0 Å². The van der Waals surface area contributed by atoms with Crippen molar-refractivity contribution in [3.63, 3.8) is 0 Å². The number of hydrogen-bond donors (Lipinski definition) is 1. The van der Waals surface area contributed by atoms with E-state index in [0.29, 0.717) is 28.9 Å². The van der Waals surface area contributed by atoms with Crippen LogP contribution in [0.15, 0.2) is 47.4 Å². The zero-order valence-electron chi connectivity index (χ0n) is 19.2. The van der Waals surface area contributed by atoms with Crippen molar-refractivity contribution in [1.82, 2.24) is 9.21 Å². The second-order valence-corrected chi connectivity index (χ2v) is 10.9. The van der Waals surface area contributed by atoms with Gasteiger partial charge in [0, 0.05) is 42.5 Å². The van der Waals surface area contributed by atoms with Gasteiger partial charge >= 0.3 is 0 Å². The molecule has 0 aromatic heterocycles. The Labute approximate surface area is 195 Å². The van der Waals surface area contributed by atoms with Crippen LogP contribution in [0.3, 0.4) is 0 Å². The van der Waals surface area contributed by atoms with Gasteiger partial charge < -0.3 is 10.2 Å². The van der Waals surface area contributed by atoms with E-state index in [4.69, 9.17) is 0 Å². The summed E-state index contributed by atoms with van der Waals surface area (Å²) in [5.41, 5.74) is 2.15. The lowest BCUT2D eigenvalue weighted by Crippen LogP contribution is -2.42. The predicted octanol–water partition coefficient (Wildman–Crippen LogP) is 4.05. The standard InChI is InChI=1S/C25H31N3O4S/c1-18-8-13-22(33(31,32)28-16-4-3-7-19(28)2)17-23(18)24(29)26-21-11-9-20(10-12-21)25(30)27-14-5-6-15-27/h8-13,17,19H,3-7,14-16H2,1-2H3,(H,26,29). The van der Waals surface area contributed by atoms with Crippen LogP contribution in [-0.2, 0) is 10.0 Å². The van der Waals surface area contributed by atoms with Crippen LogP contribution in [0.4, 0.5) is 5.69 Å². The molecule has 4 rings (SSSR count). The Hall–Kier alpha value is -2.71. The molecule has 2 amide bonds. The average Bonchev–Trinajstić information content (AvgIpc) is 3.34. The molecule has 0 spiro atoms. The molecule has 1 unspecified atom stereocenters. The van der Waals surface area contributed by atoms with Gasteiger partial charge in [0.2, 0.25) is 10.0 Å². The van der Waals surface area contributed by atoms with E-state index in [0.717, 1.165) is 45.2 Å². The van der Waals surface area contributed by atoms with Crippen LogP contribution in [0.1, 0.15) is 65.3 Å². The lowest BCUT2D eigenvalue weighted by Gasteiger charge is -2.32. The van der Waals surface area contributed by atoms with Crippen LogP contribution in [-0.4, -0.2) is 55.1 Å². The number of anilines is 1. The fourth-order valence-electron chi connectivity index (χ4n) is 4.57. The van der Waals surface area contributed by atoms with E-state index in [1.54, 1.807) is 47.6 Å². The molecule has 0 bridgehead atoms. The second-order valence-electron chi connectivity index (χ2n) is 8.97. The molecule has 1 atom stereocenters. The molecular weight excluding hydrogens is 438 g/mol. The molecule has 1 N–H and O–H groups in total. The number of carbonyl (C=O) groups is 2. The molecule has 176 valence electrons. The Morgan fingerprint density at radius 1 is 0.939 bits per heavy atom. The normalized spacial score (nSPS) is 19.5. The molecular formula is C25H31N3O4S. The summed E-state index contributed by atoms with van der Waals surface area (Å²) in [6, 6.07) is 11.5. The first-order valence-electron chi connectivity index (χ1n) is 11.6. The molecule has 2 aromatic rings. The van der Waals surface area contributed by atoms with Gasteiger partial charge in [0.25, 0.3) is 11.8 Å². The van der Waals surface area contributed by atoms with Crippen molar-refractivity contribution >= 4 is 27.5 Å². The first kappa shape index (κ1) is 23.4. The number of sulfonamides is 1. The monoisotopic (exact) mass is 469 g/mol. The third-order valence-electron chi connectivity index (χ3n) is 6.59. The SMILES string of the molecule is Cc1ccc(S(=O)(=O)N2CCCCC2C)cc1C(=O)Nc1ccc(C(=O)N2CCCC2)cc1. The van der Waals surface area contributed by atoms with Crippen LogP contribution in [0.2, 0.25) is 0 Å². The van der Waals surface area contributed by atoms with Gasteiger partial charge in [0.05, 0.1) is 4.90 Å². The van der Waals surface area contributed by atoms with Gasteiger partial charge in [0.15, 0.2) is 0 Å². The summed E-state index contributed by atoms with van der Waals surface area (Å²) in [5, 5.41) is 2.83. The van der Waals surface area contributed by atoms with E-state index in [2.05, 4.69) is 5.32 Å². The van der Waals surface area contributed by atoms with Crippen molar-refractivity contribution in [2.75, 3.05) is 25.0 Å². The number of likely N-dealkylation sites (tertiary alicyclic amines) is 1. The number of nitrogens with zero attached hydrogens (tertiary/aromatic N) is 2. The fraction of sp³-hybridized carbons (Fsp3) is 0.440. The number of piperidine rings is 1. The lowest BCUT2D eigenvalue weighted by atomic mass is 10.1. The zero-order chi connectivity index (χ0) is 23.6. The van der Waals surface area contributed by atoms with E-state index in [1.165, 1.54) is 6.07 Å². The van der Waals surface area contributed by atoms with E-state index in [-0.39, 0.29) is 22.8 Å². The van der Waals surface area contributed by atoms with Gasteiger partial charge in [0.1, 0.15) is 0 Å². The first-order chi connectivity index (χ1) is 15.8. The third kappa shape index (κ3) is 4.96. The van der Waals surface area contributed by atoms with Crippen LogP contribution in [0.5, 0.6) is 0 Å². The zero-order valence-corrected chi connectivity index (χ0v) is 20.0. The van der Waals surface area contributed by atoms with E-state index in [1.807, 2.05) is 11.8 Å². The van der Waals surface area contributed by atoms with Gasteiger partial charge in [-0.05, 0) is 81.5 Å². The van der Waals surface area contributed by atoms with Crippen LogP contribution < -0.4 is 5.32 Å². The van der Waals surface area contributed by atoms with Crippen molar-refractivity contribution in [2.45, 2.75) is 56.9 Å². The van der Waals surface area contributed by atoms with Crippen molar-refractivity contribution in [1.29, 1.82) is 0 Å². The average molecular weight is 470 g/mol. The number of benzene rings is 2. The van der Waals surface area contributed by atoms with Gasteiger partial charge in [-0.2, -0.15) is 4.31 Å². The van der Waals surface area contributed by atoms with Crippen LogP contribution in [0, 0.1) is 6.92 Å². The second kappa shape index (κ2) is 9.65. The molecule has 2 fully saturated rings. The molecule has 2 aromatic carbocycles. The molecule has 2 aliphatic rings. The predicted molar refractivity (Wildman–Crippen MR) is 128 cm³/mol. The summed E-state index contributed by atoms with van der Waals surface area (Å²) < 4.78 is 28.0. The lowest BCUT2D eigenvalue weighted by molar-refractivity contribution is 0.0792. The summed E-state index contributed by atoms with van der Waals surface area (Å²) in [6.45, 7) is 5.78. The van der Waals surface area contributed by atoms with Crippen molar-refractivity contribution in [2.24, 2.45) is 0 Å². The van der Waals surface area contributed by atoms with Crippen LogP contribution in [0.25, 0.3) is 0 Å². The maximum Gasteiger partial charge on any atom is 0.255 e. The Morgan fingerprint density at radius 2 is 1.61 bits per heavy atom. The summed E-state index contributed by atoms with van der Waals surface area (Å²) in [7, 11) is -3.67. The highest BCUT2D eigenvalue weighted by atomic mass is 32.2. The van der Waals surface area contributed by atoms with Gasteiger partial charge in [-0.3, -0.25) is 9.59 Å². The molecule has 33 heavy (non-hydrogen) atoms. The highest BCUT2D eigenvalue weighted by Crippen LogP contribution is 2.27. The molecule has 2 aliphatic heterocycles. The van der Waals surface area contributed by atoms with Crippen LogP contribution >= 0.6 is 0 Å². The van der Waals surface area contributed by atoms with Gasteiger partial charge in [-0.15, -0.1) is 0 Å². The highest BCUT2D eigenvalue weighted by molar-refractivity contribution is 7.89. The Morgan fingerprint density at radius 3 is 2.27 bits per heavy atom. The molecule has 2 saturated heterocycles. The quantitative estimate of drug-likeness (QED) is 0.716. The fourth-order valence-corrected chi connectivity index (χ4v) is 6.29. The number of hydrogen-bond acceptors (Lipinski definition) is 4. The maximum absolute atomic E-state index is 13.2. The minimum absolute atomic E-state index is 0.00562. The topological polar surface area (TPSA) is 86.8 Å². The molecule has 0 saturated carbocycles. The van der Waals surface area contributed by atoms with Crippen molar-refractivity contribution in [3.8, 4) is 0 Å². The number of rotatable bonds is 5. The Balaban J connectivity index is 1.51. The van der Waals surface area contributed by atoms with Gasteiger partial charge in [-0.25, -0.2) is 8.42 Å². The van der Waals surface area contributed by atoms with E-state index < -0.39 is 10.0 Å². The van der Waals surface area contributed by atoms with Crippen molar-refractivity contribution < 1.29 is 18.0 Å². The van der Waals surface area contributed by atoms with Crippen molar-refractivity contribution in [3.05, 3.63) is 59.2 Å². The van der Waals surface area contributed by atoms with E-state index in [9.17, 15) is 18.0 Å². The Kier molecular flexibility index (Phi) is 6.86. The largest absolute Gasteiger partial charge is 0.339 e. The minimum Gasteiger partial charge on any atom is -0.339 e. The smallest absolute Gasteiger partial charge is 0.255 e. The molecule has 0 radical (unpaired) electrons. The molecule has 2 heterocycles.